The molecule has 1 heterocycles. The molecule has 45 heavy (non-hydrogen) atoms. The van der Waals surface area contributed by atoms with Gasteiger partial charge in [-0.1, -0.05) is 65.1 Å². The van der Waals surface area contributed by atoms with Gasteiger partial charge >= 0.3 is 0 Å². The van der Waals surface area contributed by atoms with Crippen LogP contribution in [0.1, 0.15) is 34.7 Å². The molecule has 0 bridgehead atoms. The number of amidine groups is 1. The summed E-state index contributed by atoms with van der Waals surface area (Å²) in [5.41, 5.74) is 5.76. The monoisotopic (exact) mass is 676 g/mol. The number of carbonyl (C=O) groups is 1. The van der Waals surface area contributed by atoms with Crippen LogP contribution in [-0.4, -0.2) is 17.7 Å². The van der Waals surface area contributed by atoms with E-state index in [9.17, 15) is 4.79 Å². The lowest BCUT2D eigenvalue weighted by molar-refractivity contribution is -0.113. The summed E-state index contributed by atoms with van der Waals surface area (Å²) in [6, 6.07) is 22.5. The zero-order chi connectivity index (χ0) is 32.1. The van der Waals surface area contributed by atoms with E-state index in [-0.39, 0.29) is 5.91 Å². The first-order valence-corrected chi connectivity index (χ1v) is 16.2. The van der Waals surface area contributed by atoms with Gasteiger partial charge in [-0.05, 0) is 116 Å². The summed E-state index contributed by atoms with van der Waals surface area (Å²) in [4.78, 5) is 20.9. The van der Waals surface area contributed by atoms with E-state index in [0.29, 0.717) is 67.6 Å². The minimum Gasteiger partial charge on any atom is -0.490 e. The Morgan fingerprint density at radius 1 is 0.911 bits per heavy atom. The van der Waals surface area contributed by atoms with Crippen molar-refractivity contribution < 1.29 is 14.3 Å². The maximum Gasteiger partial charge on any atom is 0.271 e. The number of allylic oxidation sites excluding steroid dienone is 1. The molecule has 0 saturated carbocycles. The number of amides is 1. The molecular formula is C36H31Cl3N2O3S. The van der Waals surface area contributed by atoms with Crippen molar-refractivity contribution in [3.05, 3.63) is 133 Å². The highest BCUT2D eigenvalue weighted by atomic mass is 35.5. The fourth-order valence-corrected chi connectivity index (χ4v) is 6.12. The Hall–Kier alpha value is -3.68. The number of aliphatic imine (C=N–C) groups is 1. The Bertz CT molecular complexity index is 1820. The van der Waals surface area contributed by atoms with Crippen LogP contribution in [0, 0.1) is 13.8 Å². The number of rotatable bonds is 10. The SMILES string of the molecule is C=CCc1cc(/C=C2/SC(=Nc3ccc(C)c(Cl)c3)N(c3ccc(C)c(Cl)c3)C2=O)cc(OCC)c1OCc1ccc(Cl)cc1. The first-order valence-electron chi connectivity index (χ1n) is 14.3. The van der Waals surface area contributed by atoms with Crippen LogP contribution in [0.4, 0.5) is 11.4 Å². The van der Waals surface area contributed by atoms with Crippen LogP contribution in [0.5, 0.6) is 11.5 Å². The molecule has 5 nitrogen and oxygen atoms in total. The summed E-state index contributed by atoms with van der Waals surface area (Å²) in [5, 5.41) is 2.32. The van der Waals surface area contributed by atoms with E-state index in [4.69, 9.17) is 49.3 Å². The number of ether oxygens (including phenoxy) is 2. The van der Waals surface area contributed by atoms with Gasteiger partial charge in [-0.25, -0.2) is 4.99 Å². The number of hydrogen-bond donors (Lipinski definition) is 0. The minimum atomic E-state index is -0.219. The van der Waals surface area contributed by atoms with Crippen molar-refractivity contribution in [2.24, 2.45) is 4.99 Å². The highest BCUT2D eigenvalue weighted by molar-refractivity contribution is 8.19. The van der Waals surface area contributed by atoms with Gasteiger partial charge in [-0.15, -0.1) is 6.58 Å². The topological polar surface area (TPSA) is 51.1 Å². The molecule has 1 fully saturated rings. The normalized spacial score (nSPS) is 14.8. The predicted molar refractivity (Wildman–Crippen MR) is 190 cm³/mol. The number of halogens is 3. The summed E-state index contributed by atoms with van der Waals surface area (Å²) < 4.78 is 12.3. The zero-order valence-electron chi connectivity index (χ0n) is 25.1. The standard InChI is InChI=1S/C36H31Cl3N2O3S/c1-5-7-26-16-25(17-32(43-6-2)34(26)44-21-24-10-12-27(37)13-11-24)18-33-35(42)41(29-15-9-23(4)31(39)20-29)36(45-33)40-28-14-8-22(3)30(38)19-28/h5,8-20H,1,6-7,21H2,2-4H3/b33-18+,40-36?. The van der Waals surface area contributed by atoms with Crippen LogP contribution in [-0.2, 0) is 17.8 Å². The number of hydrogen-bond acceptors (Lipinski definition) is 5. The Labute approximate surface area is 283 Å². The van der Waals surface area contributed by atoms with Crippen LogP contribution >= 0.6 is 46.6 Å². The molecule has 0 aromatic heterocycles. The van der Waals surface area contributed by atoms with Crippen LogP contribution in [0.2, 0.25) is 15.1 Å². The average molecular weight is 678 g/mol. The second kappa shape index (κ2) is 14.6. The lowest BCUT2D eigenvalue weighted by atomic mass is 10.0. The highest BCUT2D eigenvalue weighted by Crippen LogP contribution is 2.41. The van der Waals surface area contributed by atoms with Crippen molar-refractivity contribution in [1.29, 1.82) is 0 Å². The largest absolute Gasteiger partial charge is 0.490 e. The van der Waals surface area contributed by atoms with Crippen LogP contribution in [0.25, 0.3) is 6.08 Å². The molecule has 1 amide bonds. The quantitative estimate of drug-likeness (QED) is 0.124. The summed E-state index contributed by atoms with van der Waals surface area (Å²) in [7, 11) is 0. The van der Waals surface area contributed by atoms with Crippen LogP contribution in [0.15, 0.2) is 95.3 Å². The molecular weight excluding hydrogens is 647 g/mol. The Balaban J connectivity index is 1.55. The molecule has 0 radical (unpaired) electrons. The molecule has 1 aliphatic heterocycles. The minimum absolute atomic E-state index is 0.219. The van der Waals surface area contributed by atoms with E-state index >= 15 is 0 Å². The Morgan fingerprint density at radius 2 is 1.62 bits per heavy atom. The lowest BCUT2D eigenvalue weighted by Crippen LogP contribution is -2.28. The number of aryl methyl sites for hydroxylation is 2. The Morgan fingerprint density at radius 3 is 2.29 bits per heavy atom. The van der Waals surface area contributed by atoms with E-state index in [1.807, 2.05) is 93.6 Å². The first-order chi connectivity index (χ1) is 21.7. The van der Waals surface area contributed by atoms with Gasteiger partial charge < -0.3 is 9.47 Å². The molecule has 4 aromatic rings. The maximum absolute atomic E-state index is 14.0. The van der Waals surface area contributed by atoms with Gasteiger partial charge in [-0.3, -0.25) is 9.69 Å². The fourth-order valence-electron chi connectivity index (χ4n) is 4.65. The second-order valence-corrected chi connectivity index (χ2v) is 12.6. The van der Waals surface area contributed by atoms with Gasteiger partial charge in [0.05, 0.1) is 22.9 Å². The average Bonchev–Trinajstić information content (AvgIpc) is 3.31. The van der Waals surface area contributed by atoms with Gasteiger partial charge in [0.2, 0.25) is 0 Å². The van der Waals surface area contributed by atoms with Crippen molar-refractivity contribution in [2.75, 3.05) is 11.5 Å². The summed E-state index contributed by atoms with van der Waals surface area (Å²) in [6.07, 6.45) is 4.20. The molecule has 5 rings (SSSR count). The number of carbonyl (C=O) groups excluding carboxylic acids is 1. The van der Waals surface area contributed by atoms with Crippen molar-refractivity contribution in [1.82, 2.24) is 0 Å². The smallest absolute Gasteiger partial charge is 0.271 e. The number of benzene rings is 4. The van der Waals surface area contributed by atoms with Gasteiger partial charge in [-0.2, -0.15) is 0 Å². The maximum atomic E-state index is 14.0. The number of thioether (sulfide) groups is 1. The van der Waals surface area contributed by atoms with E-state index in [1.54, 1.807) is 17.0 Å². The third-order valence-corrected chi connectivity index (χ3v) is 9.05. The summed E-state index contributed by atoms with van der Waals surface area (Å²) in [6.45, 7) is 10.5. The zero-order valence-corrected chi connectivity index (χ0v) is 28.2. The second-order valence-electron chi connectivity index (χ2n) is 10.4. The number of nitrogens with zero attached hydrogens (tertiary/aromatic N) is 2. The molecule has 1 aliphatic rings. The fraction of sp³-hybridized carbons (Fsp3) is 0.167. The lowest BCUT2D eigenvalue weighted by Gasteiger charge is -2.17. The molecule has 0 atom stereocenters. The van der Waals surface area contributed by atoms with E-state index < -0.39 is 0 Å². The summed E-state index contributed by atoms with van der Waals surface area (Å²) >= 11 is 20.2. The molecule has 0 spiro atoms. The third kappa shape index (κ3) is 7.77. The predicted octanol–water partition coefficient (Wildman–Crippen LogP) is 10.8. The molecule has 9 heteroatoms. The molecule has 0 aliphatic carbocycles. The van der Waals surface area contributed by atoms with Crippen LogP contribution in [0.3, 0.4) is 0 Å². The Kier molecular flexibility index (Phi) is 10.6. The molecule has 0 unspecified atom stereocenters. The van der Waals surface area contributed by atoms with Gasteiger partial charge in [0.25, 0.3) is 5.91 Å². The van der Waals surface area contributed by atoms with Gasteiger partial charge in [0.15, 0.2) is 16.7 Å². The molecule has 1 saturated heterocycles. The van der Waals surface area contributed by atoms with Crippen molar-refractivity contribution in [2.45, 2.75) is 33.8 Å². The van der Waals surface area contributed by atoms with E-state index in [0.717, 1.165) is 27.8 Å². The van der Waals surface area contributed by atoms with Crippen molar-refractivity contribution in [3.63, 3.8) is 0 Å². The molecule has 4 aromatic carbocycles. The van der Waals surface area contributed by atoms with E-state index in [1.165, 1.54) is 11.8 Å². The van der Waals surface area contributed by atoms with Crippen molar-refractivity contribution >= 4 is 75.1 Å². The first kappa shape index (κ1) is 32.7. The highest BCUT2D eigenvalue weighted by Gasteiger charge is 2.35. The third-order valence-electron chi connectivity index (χ3n) is 7.01. The molecule has 0 N–H and O–H groups in total. The van der Waals surface area contributed by atoms with Gasteiger partial charge in [0, 0.05) is 20.6 Å². The molecule has 230 valence electrons. The number of anilines is 1. The van der Waals surface area contributed by atoms with Gasteiger partial charge in [0.1, 0.15) is 6.61 Å². The van der Waals surface area contributed by atoms with Crippen LogP contribution < -0.4 is 14.4 Å². The van der Waals surface area contributed by atoms with E-state index in [2.05, 4.69) is 6.58 Å². The van der Waals surface area contributed by atoms with Crippen molar-refractivity contribution in [3.8, 4) is 11.5 Å². The summed E-state index contributed by atoms with van der Waals surface area (Å²) in [5.74, 6) is 0.996.